The smallest absolute Gasteiger partial charge is 0.543 e. The fourth-order valence-electron chi connectivity index (χ4n) is 0. The maximum absolute atomic E-state index is 8.93. The fourth-order valence-corrected chi connectivity index (χ4v) is 0. The van der Waals surface area contributed by atoms with Crippen LogP contribution >= 0.6 is 0 Å². The van der Waals surface area contributed by atoms with Crippen LogP contribution in [0.25, 0.3) is 0 Å². The zero-order chi connectivity index (χ0) is 10.3. The summed E-state index contributed by atoms with van der Waals surface area (Å²) in [5.74, 6) is -8.74. The molecule has 0 saturated heterocycles. The fraction of sp³-hybridized carbons (Fsp3) is 0. The summed E-state index contributed by atoms with van der Waals surface area (Å²) in [6.45, 7) is 0. The Labute approximate surface area is 85.1 Å². The summed E-state index contributed by atoms with van der Waals surface area (Å²) >= 11 is 0. The maximum Gasteiger partial charge on any atom is 2.00 e. The standard InChI is InChI=1S/2C2H2O4.Pt/c2*3-1(4)2(5)6;/h2*(H,3,4)(H,5,6);/q;;+2/p-4. The summed E-state index contributed by atoms with van der Waals surface area (Å²) in [6.07, 6.45) is 0. The second kappa shape index (κ2) is 8.66. The average molecular weight is 371 g/mol. The number of carbonyl (C=O) groups excluding carboxylic acids is 4. The molecule has 0 saturated carbocycles. The molecule has 0 aromatic carbocycles. The van der Waals surface area contributed by atoms with Crippen LogP contribution in [0.4, 0.5) is 0 Å². The molecule has 0 N–H and O–H groups in total. The topological polar surface area (TPSA) is 161 Å². The molecule has 76 valence electrons. The largest absolute Gasteiger partial charge is 2.00 e. The molecular weight excluding hydrogens is 371 g/mol. The number of hydrogen-bond acceptors (Lipinski definition) is 8. The third-order valence-electron chi connectivity index (χ3n) is 0.333. The number of aliphatic carboxylic acids is 4. The maximum atomic E-state index is 8.93. The molecule has 0 unspecified atom stereocenters. The predicted octanol–water partition coefficient (Wildman–Crippen LogP) is -7.03. The van der Waals surface area contributed by atoms with Crippen LogP contribution in [0.2, 0.25) is 0 Å². The quantitative estimate of drug-likeness (QED) is 0.380. The van der Waals surface area contributed by atoms with Gasteiger partial charge in [-0.2, -0.15) is 0 Å². The van der Waals surface area contributed by atoms with Crippen LogP contribution in [0.5, 0.6) is 0 Å². The molecule has 0 amide bonds. The van der Waals surface area contributed by atoms with Crippen molar-refractivity contribution in [1.82, 2.24) is 0 Å². The molecule has 0 rings (SSSR count). The zero-order valence-electron chi connectivity index (χ0n) is 5.58. The molecule has 9 heteroatoms. The summed E-state index contributed by atoms with van der Waals surface area (Å²) in [5.41, 5.74) is 0. The van der Waals surface area contributed by atoms with E-state index < -0.39 is 23.9 Å². The van der Waals surface area contributed by atoms with Crippen LogP contribution < -0.4 is 20.4 Å². The first-order valence-electron chi connectivity index (χ1n) is 2.13. The van der Waals surface area contributed by atoms with Crippen LogP contribution in [0.1, 0.15) is 0 Å². The van der Waals surface area contributed by atoms with E-state index in [1.165, 1.54) is 0 Å². The van der Waals surface area contributed by atoms with Crippen LogP contribution in [-0.2, 0) is 40.2 Å². The Morgan fingerprint density at radius 1 is 0.538 bits per heavy atom. The number of carboxylic acids is 4. The summed E-state index contributed by atoms with van der Waals surface area (Å²) < 4.78 is 0. The van der Waals surface area contributed by atoms with Gasteiger partial charge >= 0.3 is 21.1 Å². The van der Waals surface area contributed by atoms with E-state index in [2.05, 4.69) is 0 Å². The summed E-state index contributed by atoms with van der Waals surface area (Å²) in [7, 11) is 0. The van der Waals surface area contributed by atoms with Crippen LogP contribution in [-0.4, -0.2) is 23.9 Å². The van der Waals surface area contributed by atoms with Gasteiger partial charge in [0.05, 0.1) is 23.9 Å². The zero-order valence-corrected chi connectivity index (χ0v) is 7.85. The molecular formula is C4O8Pt-2. The van der Waals surface area contributed by atoms with E-state index >= 15 is 0 Å². The van der Waals surface area contributed by atoms with Crippen LogP contribution in [0.15, 0.2) is 0 Å². The SMILES string of the molecule is O=C([O-])C(=O)[O-].O=C([O-])C(=O)[O-].[Pt+2]. The predicted molar refractivity (Wildman–Crippen MR) is 20.0 cm³/mol. The van der Waals surface area contributed by atoms with Crippen molar-refractivity contribution in [1.29, 1.82) is 0 Å². The minimum absolute atomic E-state index is 0. The summed E-state index contributed by atoms with van der Waals surface area (Å²) in [4.78, 5) is 35.7. The molecule has 0 atom stereocenters. The van der Waals surface area contributed by atoms with E-state index in [9.17, 15) is 0 Å². The summed E-state index contributed by atoms with van der Waals surface area (Å²) in [6, 6.07) is 0. The molecule has 13 heavy (non-hydrogen) atoms. The van der Waals surface area contributed by atoms with Crippen molar-refractivity contribution in [2.24, 2.45) is 0 Å². The van der Waals surface area contributed by atoms with Gasteiger partial charge in [0.1, 0.15) is 0 Å². The number of hydrogen-bond donors (Lipinski definition) is 0. The molecule has 8 nitrogen and oxygen atoms in total. The average Bonchev–Trinajstić information content (AvgIpc) is 1.88. The molecule has 0 heterocycles. The number of carbonyl (C=O) groups is 4. The number of rotatable bonds is 0. The normalized spacial score (nSPS) is 6.77. The van der Waals surface area contributed by atoms with Gasteiger partial charge in [0.15, 0.2) is 0 Å². The number of carboxylic acid groups (broad SMARTS) is 4. The van der Waals surface area contributed by atoms with Gasteiger partial charge < -0.3 is 39.6 Å². The molecule has 0 radical (unpaired) electrons. The Kier molecular flexibility index (Phi) is 11.7. The third-order valence-corrected chi connectivity index (χ3v) is 0.333. The van der Waals surface area contributed by atoms with Crippen molar-refractivity contribution in [3.8, 4) is 0 Å². The van der Waals surface area contributed by atoms with Crippen molar-refractivity contribution >= 4 is 23.9 Å². The molecule has 0 aliphatic rings. The van der Waals surface area contributed by atoms with Crippen molar-refractivity contribution in [3.63, 3.8) is 0 Å². The Hall–Kier alpha value is -1.43. The van der Waals surface area contributed by atoms with Crippen LogP contribution in [0.3, 0.4) is 0 Å². The van der Waals surface area contributed by atoms with E-state index in [1.807, 2.05) is 0 Å². The van der Waals surface area contributed by atoms with Gasteiger partial charge in [-0.3, -0.25) is 0 Å². The van der Waals surface area contributed by atoms with E-state index in [-0.39, 0.29) is 21.1 Å². The van der Waals surface area contributed by atoms with Gasteiger partial charge in [0, 0.05) is 0 Å². The minimum Gasteiger partial charge on any atom is -0.543 e. The van der Waals surface area contributed by atoms with Crippen molar-refractivity contribution in [2.75, 3.05) is 0 Å². The molecule has 0 bridgehead atoms. The van der Waals surface area contributed by atoms with Crippen molar-refractivity contribution < 1.29 is 60.7 Å². The van der Waals surface area contributed by atoms with Crippen LogP contribution in [0, 0.1) is 0 Å². The second-order valence-corrected chi connectivity index (χ2v) is 1.15. The first-order chi connectivity index (χ1) is 5.29. The third kappa shape index (κ3) is 18.0. The van der Waals surface area contributed by atoms with E-state index in [0.29, 0.717) is 0 Å². The van der Waals surface area contributed by atoms with Gasteiger partial charge in [-0.15, -0.1) is 0 Å². The second-order valence-electron chi connectivity index (χ2n) is 1.15. The molecule has 0 spiro atoms. The monoisotopic (exact) mass is 371 g/mol. The van der Waals surface area contributed by atoms with Gasteiger partial charge in [-0.25, -0.2) is 0 Å². The van der Waals surface area contributed by atoms with Gasteiger partial charge in [0.25, 0.3) is 0 Å². The molecule has 0 aliphatic carbocycles. The molecule has 0 fully saturated rings. The van der Waals surface area contributed by atoms with Gasteiger partial charge in [-0.05, 0) is 0 Å². The van der Waals surface area contributed by atoms with Crippen molar-refractivity contribution in [2.45, 2.75) is 0 Å². The van der Waals surface area contributed by atoms with Gasteiger partial charge in [0.2, 0.25) is 0 Å². The molecule has 0 aromatic heterocycles. The Morgan fingerprint density at radius 2 is 0.615 bits per heavy atom. The Bertz CT molecular complexity index is 172. The molecule has 0 aromatic rings. The molecule has 0 aliphatic heterocycles. The summed E-state index contributed by atoms with van der Waals surface area (Å²) in [5, 5.41) is 35.7. The van der Waals surface area contributed by atoms with E-state index in [1.54, 1.807) is 0 Å². The van der Waals surface area contributed by atoms with E-state index in [0.717, 1.165) is 0 Å². The van der Waals surface area contributed by atoms with Gasteiger partial charge in [-0.1, -0.05) is 0 Å². The minimum atomic E-state index is -2.19. The Morgan fingerprint density at radius 3 is 0.615 bits per heavy atom. The Balaban J connectivity index is -0.000000143. The van der Waals surface area contributed by atoms with E-state index in [4.69, 9.17) is 39.6 Å². The first-order valence-corrected chi connectivity index (χ1v) is 2.13. The van der Waals surface area contributed by atoms with Crippen molar-refractivity contribution in [3.05, 3.63) is 0 Å². The first kappa shape index (κ1) is 17.6.